The van der Waals surface area contributed by atoms with E-state index in [4.69, 9.17) is 0 Å². The molecule has 1 heterocycles. The van der Waals surface area contributed by atoms with E-state index in [2.05, 4.69) is 35.9 Å². The van der Waals surface area contributed by atoms with Crippen molar-refractivity contribution in [3.05, 3.63) is 29.8 Å². The van der Waals surface area contributed by atoms with E-state index in [9.17, 15) is 5.11 Å². The lowest BCUT2D eigenvalue weighted by Crippen LogP contribution is -2.50. The lowest BCUT2D eigenvalue weighted by Gasteiger charge is -2.39. The maximum Gasteiger partial charge on any atom is 0.0787 e. The predicted octanol–water partition coefficient (Wildman–Crippen LogP) is 2.27. The van der Waals surface area contributed by atoms with Crippen molar-refractivity contribution >= 4 is 5.69 Å². The van der Waals surface area contributed by atoms with Gasteiger partial charge in [0.2, 0.25) is 0 Å². The molecule has 1 aromatic rings. The van der Waals surface area contributed by atoms with E-state index in [0.29, 0.717) is 6.04 Å². The lowest BCUT2D eigenvalue weighted by molar-refractivity contribution is 0.173. The Morgan fingerprint density at radius 3 is 2.50 bits per heavy atom. The Hall–Kier alpha value is -1.06. The van der Waals surface area contributed by atoms with Crippen molar-refractivity contribution in [3.8, 4) is 0 Å². The molecule has 1 aliphatic rings. The van der Waals surface area contributed by atoms with Crippen molar-refractivity contribution in [1.82, 2.24) is 4.90 Å². The number of likely N-dealkylation sites (N-methyl/N-ethyl adjacent to an activating group) is 1. The second kappa shape index (κ2) is 5.72. The largest absolute Gasteiger partial charge is 0.388 e. The minimum Gasteiger partial charge on any atom is -0.388 e. The molecule has 0 spiro atoms. The maximum absolute atomic E-state index is 9.79. The number of rotatable bonds is 3. The Morgan fingerprint density at radius 2 is 1.94 bits per heavy atom. The summed E-state index contributed by atoms with van der Waals surface area (Å²) in [6.07, 6.45) is 0.440. The smallest absolute Gasteiger partial charge is 0.0787 e. The first kappa shape index (κ1) is 13.4. The number of piperazine rings is 1. The standard InChI is InChI=1S/C15H24N2O/c1-4-15(18)13-5-7-14(8-6-13)17-10-9-16(3)12(2)11-17/h5-8,12,15,18H,4,9-11H2,1-3H3/t12?,15-/m1/s1. The molecule has 2 atom stereocenters. The maximum atomic E-state index is 9.79. The van der Waals surface area contributed by atoms with Crippen LogP contribution in [0.4, 0.5) is 5.69 Å². The zero-order valence-corrected chi connectivity index (χ0v) is 11.6. The summed E-state index contributed by atoms with van der Waals surface area (Å²) >= 11 is 0. The van der Waals surface area contributed by atoms with Crippen molar-refractivity contribution in [1.29, 1.82) is 0 Å². The third-order valence-corrected chi connectivity index (χ3v) is 3.99. The topological polar surface area (TPSA) is 26.7 Å². The summed E-state index contributed by atoms with van der Waals surface area (Å²) in [6.45, 7) is 7.53. The molecule has 18 heavy (non-hydrogen) atoms. The van der Waals surface area contributed by atoms with Crippen LogP contribution in [-0.4, -0.2) is 42.7 Å². The molecule has 0 saturated carbocycles. The van der Waals surface area contributed by atoms with E-state index >= 15 is 0 Å². The summed E-state index contributed by atoms with van der Waals surface area (Å²) in [5.41, 5.74) is 2.28. The van der Waals surface area contributed by atoms with Gasteiger partial charge in [0.1, 0.15) is 0 Å². The van der Waals surface area contributed by atoms with Gasteiger partial charge in [-0.1, -0.05) is 19.1 Å². The Balaban J connectivity index is 2.06. The van der Waals surface area contributed by atoms with Crippen molar-refractivity contribution < 1.29 is 5.11 Å². The molecule has 1 aromatic carbocycles. The number of nitrogens with zero attached hydrogens (tertiary/aromatic N) is 2. The molecule has 3 nitrogen and oxygen atoms in total. The molecule has 1 unspecified atom stereocenters. The fraction of sp³-hybridized carbons (Fsp3) is 0.600. The second-order valence-electron chi connectivity index (χ2n) is 5.29. The minimum absolute atomic E-state index is 0.328. The Bertz CT molecular complexity index is 377. The number of anilines is 1. The molecule has 0 amide bonds. The summed E-state index contributed by atoms with van der Waals surface area (Å²) in [5.74, 6) is 0. The molecular weight excluding hydrogens is 224 g/mol. The molecule has 1 saturated heterocycles. The normalized spacial score (nSPS) is 23.1. The first-order valence-electron chi connectivity index (χ1n) is 6.85. The van der Waals surface area contributed by atoms with Gasteiger partial charge in [0.15, 0.2) is 0 Å². The Morgan fingerprint density at radius 1 is 1.28 bits per heavy atom. The Kier molecular flexibility index (Phi) is 4.25. The summed E-state index contributed by atoms with van der Waals surface area (Å²) in [4.78, 5) is 4.82. The van der Waals surface area contributed by atoms with Crippen LogP contribution in [0.15, 0.2) is 24.3 Å². The van der Waals surface area contributed by atoms with Gasteiger partial charge in [-0.15, -0.1) is 0 Å². The highest BCUT2D eigenvalue weighted by molar-refractivity contribution is 5.48. The molecule has 0 bridgehead atoms. The van der Waals surface area contributed by atoms with E-state index in [1.807, 2.05) is 19.1 Å². The number of aliphatic hydroxyl groups is 1. The van der Waals surface area contributed by atoms with Gasteiger partial charge in [-0.2, -0.15) is 0 Å². The van der Waals surface area contributed by atoms with Gasteiger partial charge in [0, 0.05) is 31.4 Å². The second-order valence-corrected chi connectivity index (χ2v) is 5.29. The summed E-state index contributed by atoms with van der Waals surface area (Å²) in [7, 11) is 2.18. The van der Waals surface area contributed by atoms with Crippen molar-refractivity contribution in [2.45, 2.75) is 32.4 Å². The first-order chi connectivity index (χ1) is 8.61. The molecule has 1 fully saturated rings. The van der Waals surface area contributed by atoms with E-state index in [1.165, 1.54) is 5.69 Å². The molecule has 0 radical (unpaired) electrons. The van der Waals surface area contributed by atoms with Crippen molar-refractivity contribution in [2.75, 3.05) is 31.6 Å². The van der Waals surface area contributed by atoms with Gasteiger partial charge < -0.3 is 14.9 Å². The predicted molar refractivity (Wildman–Crippen MR) is 76.0 cm³/mol. The summed E-state index contributed by atoms with van der Waals surface area (Å²) < 4.78 is 0. The molecule has 2 rings (SSSR count). The fourth-order valence-corrected chi connectivity index (χ4v) is 2.43. The van der Waals surface area contributed by atoms with E-state index in [1.54, 1.807) is 0 Å². The highest BCUT2D eigenvalue weighted by Crippen LogP contribution is 2.22. The highest BCUT2D eigenvalue weighted by Gasteiger charge is 2.20. The quantitative estimate of drug-likeness (QED) is 0.889. The molecule has 1 N–H and O–H groups in total. The van der Waals surface area contributed by atoms with Crippen LogP contribution >= 0.6 is 0 Å². The molecule has 1 aliphatic heterocycles. The first-order valence-corrected chi connectivity index (χ1v) is 6.85. The van der Waals surface area contributed by atoms with Crippen LogP contribution in [0.25, 0.3) is 0 Å². The number of benzene rings is 1. The van der Waals surface area contributed by atoms with E-state index in [-0.39, 0.29) is 6.10 Å². The van der Waals surface area contributed by atoms with Crippen LogP contribution in [0.5, 0.6) is 0 Å². The number of aliphatic hydroxyl groups excluding tert-OH is 1. The van der Waals surface area contributed by atoms with Crippen LogP contribution in [0.2, 0.25) is 0 Å². The van der Waals surface area contributed by atoms with Crippen LogP contribution in [0, 0.1) is 0 Å². The Labute approximate surface area is 110 Å². The lowest BCUT2D eigenvalue weighted by atomic mass is 10.1. The number of hydrogen-bond acceptors (Lipinski definition) is 3. The zero-order valence-electron chi connectivity index (χ0n) is 11.6. The van der Waals surface area contributed by atoms with Crippen LogP contribution in [0.1, 0.15) is 31.9 Å². The molecule has 100 valence electrons. The number of hydrogen-bond donors (Lipinski definition) is 1. The minimum atomic E-state index is -0.328. The van der Waals surface area contributed by atoms with Gasteiger partial charge in [0.25, 0.3) is 0 Å². The molecule has 0 aromatic heterocycles. The molecule has 0 aliphatic carbocycles. The van der Waals surface area contributed by atoms with Crippen LogP contribution < -0.4 is 4.90 Å². The summed E-state index contributed by atoms with van der Waals surface area (Å²) in [5, 5.41) is 9.79. The van der Waals surface area contributed by atoms with Gasteiger partial charge in [-0.3, -0.25) is 0 Å². The van der Waals surface area contributed by atoms with Crippen molar-refractivity contribution in [2.24, 2.45) is 0 Å². The van der Waals surface area contributed by atoms with Gasteiger partial charge in [0.05, 0.1) is 6.10 Å². The third kappa shape index (κ3) is 2.85. The van der Waals surface area contributed by atoms with Gasteiger partial charge in [-0.05, 0) is 38.1 Å². The molecule has 3 heteroatoms. The van der Waals surface area contributed by atoms with Crippen LogP contribution in [0.3, 0.4) is 0 Å². The monoisotopic (exact) mass is 248 g/mol. The van der Waals surface area contributed by atoms with Crippen molar-refractivity contribution in [3.63, 3.8) is 0 Å². The zero-order chi connectivity index (χ0) is 13.1. The summed E-state index contributed by atoms with van der Waals surface area (Å²) in [6, 6.07) is 8.96. The van der Waals surface area contributed by atoms with Crippen LogP contribution in [-0.2, 0) is 0 Å². The van der Waals surface area contributed by atoms with E-state index in [0.717, 1.165) is 31.6 Å². The van der Waals surface area contributed by atoms with E-state index < -0.39 is 0 Å². The average molecular weight is 248 g/mol. The highest BCUT2D eigenvalue weighted by atomic mass is 16.3. The SMILES string of the molecule is CC[C@@H](O)c1ccc(N2CCN(C)C(C)C2)cc1. The molecular formula is C15H24N2O. The average Bonchev–Trinajstić information content (AvgIpc) is 2.41. The van der Waals surface area contributed by atoms with Gasteiger partial charge >= 0.3 is 0 Å². The van der Waals surface area contributed by atoms with Gasteiger partial charge in [-0.25, -0.2) is 0 Å². The third-order valence-electron chi connectivity index (χ3n) is 3.99. The fourth-order valence-electron chi connectivity index (χ4n) is 2.43.